The summed E-state index contributed by atoms with van der Waals surface area (Å²) in [5.41, 5.74) is 5.65. The first-order valence-corrected chi connectivity index (χ1v) is 13.3. The van der Waals surface area contributed by atoms with Crippen molar-refractivity contribution in [2.75, 3.05) is 14.1 Å². The molecular weight excluding hydrogens is 450 g/mol. The van der Waals surface area contributed by atoms with Gasteiger partial charge in [-0.1, -0.05) is 45.1 Å². The van der Waals surface area contributed by atoms with E-state index in [0.717, 1.165) is 35.9 Å². The molecule has 3 heterocycles. The summed E-state index contributed by atoms with van der Waals surface area (Å²) in [5, 5.41) is 22.2. The highest BCUT2D eigenvalue weighted by Crippen LogP contribution is 2.71. The number of imidazole rings is 1. The highest BCUT2D eigenvalue weighted by atomic mass is 16.5. The van der Waals surface area contributed by atoms with Gasteiger partial charge in [-0.25, -0.2) is 4.98 Å². The van der Waals surface area contributed by atoms with Gasteiger partial charge < -0.3 is 24.8 Å². The minimum Gasteiger partial charge on any atom is -0.388 e. The molecule has 1 saturated heterocycles. The zero-order valence-corrected chi connectivity index (χ0v) is 21.9. The molecule has 3 N–H and O–H groups in total. The first kappa shape index (κ1) is 22.9. The molecule has 2 aliphatic heterocycles. The van der Waals surface area contributed by atoms with Gasteiger partial charge in [-0.05, 0) is 79.6 Å². The number of nitrogens with zero attached hydrogens (tertiary/aromatic N) is 2. The summed E-state index contributed by atoms with van der Waals surface area (Å²) >= 11 is 0. The lowest BCUT2D eigenvalue weighted by atomic mass is 9.49. The van der Waals surface area contributed by atoms with Gasteiger partial charge in [0.1, 0.15) is 6.10 Å². The van der Waals surface area contributed by atoms with E-state index in [4.69, 9.17) is 4.74 Å². The van der Waals surface area contributed by atoms with Crippen LogP contribution in [0.3, 0.4) is 0 Å². The molecule has 1 aromatic heterocycles. The minimum absolute atomic E-state index is 0.116. The van der Waals surface area contributed by atoms with Crippen LogP contribution in [0.15, 0.2) is 53.9 Å². The standard InChI is InChI=1S/C30H37N3O3/c1-27(2)14-18-13-20-25(34)26(35)23(33(4)5)15-29(20)10-11-30(18,36-29)24-9-7-19(28(24,27)3)17-6-8-21-22(12-17)32-16-31-21/h6-8,12-14,16,23-26,34-35H,9-11,15H2,1-5H3,(H,31,32). The smallest absolute Gasteiger partial charge is 0.105 e. The van der Waals surface area contributed by atoms with Crippen LogP contribution in [0.4, 0.5) is 0 Å². The van der Waals surface area contributed by atoms with Crippen LogP contribution in [0, 0.1) is 16.7 Å². The van der Waals surface area contributed by atoms with E-state index in [2.05, 4.69) is 67.2 Å². The minimum atomic E-state index is -0.905. The fourth-order valence-electron chi connectivity index (χ4n) is 8.62. The summed E-state index contributed by atoms with van der Waals surface area (Å²) in [6, 6.07) is 6.43. The average molecular weight is 488 g/mol. The largest absolute Gasteiger partial charge is 0.388 e. The Hall–Kier alpha value is -2.25. The Bertz CT molecular complexity index is 1370. The average Bonchev–Trinajstić information content (AvgIpc) is 3.52. The number of rotatable bonds is 2. The molecule has 7 atom stereocenters. The number of aromatic nitrogens is 2. The van der Waals surface area contributed by atoms with Crippen molar-refractivity contribution in [2.24, 2.45) is 16.7 Å². The van der Waals surface area contributed by atoms with Crippen LogP contribution in [0.5, 0.6) is 0 Å². The van der Waals surface area contributed by atoms with E-state index in [0.29, 0.717) is 12.3 Å². The van der Waals surface area contributed by atoms with Crippen molar-refractivity contribution >= 4 is 16.6 Å². The Morgan fingerprint density at radius 2 is 1.94 bits per heavy atom. The van der Waals surface area contributed by atoms with Crippen LogP contribution < -0.4 is 0 Å². The molecule has 5 aliphatic rings. The third-order valence-electron chi connectivity index (χ3n) is 10.8. The lowest BCUT2D eigenvalue weighted by Crippen LogP contribution is -2.63. The topological polar surface area (TPSA) is 81.6 Å². The molecule has 2 aromatic rings. The molecule has 0 radical (unpaired) electrons. The maximum Gasteiger partial charge on any atom is 0.105 e. The molecule has 3 aliphatic carbocycles. The number of likely N-dealkylation sites (N-methyl/N-ethyl adjacent to an activating group) is 1. The highest BCUT2D eigenvalue weighted by Gasteiger charge is 2.70. The maximum absolute atomic E-state index is 11.3. The number of aliphatic hydroxyl groups excluding tert-OH is 2. The van der Waals surface area contributed by atoms with Gasteiger partial charge in [0.25, 0.3) is 0 Å². The number of fused-ring (bicyclic) bond motifs is 2. The molecule has 0 amide bonds. The molecule has 2 fully saturated rings. The third kappa shape index (κ3) is 2.59. The Labute approximate surface area is 212 Å². The van der Waals surface area contributed by atoms with Gasteiger partial charge in [0, 0.05) is 17.4 Å². The Balaban J connectivity index is 1.37. The number of hydrogen-bond acceptors (Lipinski definition) is 5. The summed E-state index contributed by atoms with van der Waals surface area (Å²) in [6.45, 7) is 7.12. The summed E-state index contributed by atoms with van der Waals surface area (Å²) in [5.74, 6) is 0.298. The van der Waals surface area contributed by atoms with E-state index in [1.165, 1.54) is 16.7 Å². The van der Waals surface area contributed by atoms with Crippen molar-refractivity contribution in [3.63, 3.8) is 0 Å². The van der Waals surface area contributed by atoms with Crippen molar-refractivity contribution in [1.82, 2.24) is 14.9 Å². The number of hydrogen-bond donors (Lipinski definition) is 3. The Kier molecular flexibility index (Phi) is 4.45. The fourth-order valence-corrected chi connectivity index (χ4v) is 8.62. The van der Waals surface area contributed by atoms with E-state index in [-0.39, 0.29) is 22.5 Å². The van der Waals surface area contributed by atoms with Crippen LogP contribution in [0.1, 0.15) is 52.0 Å². The second-order valence-corrected chi connectivity index (χ2v) is 12.8. The quantitative estimate of drug-likeness (QED) is 0.591. The van der Waals surface area contributed by atoms with Crippen LogP contribution in [0.2, 0.25) is 0 Å². The number of aromatic amines is 1. The summed E-state index contributed by atoms with van der Waals surface area (Å²) < 4.78 is 7.31. The van der Waals surface area contributed by atoms with Gasteiger partial charge in [-0.2, -0.15) is 0 Å². The number of aliphatic hydroxyl groups is 2. The molecule has 7 unspecified atom stereocenters. The van der Waals surface area contributed by atoms with Crippen LogP contribution >= 0.6 is 0 Å². The van der Waals surface area contributed by atoms with Crippen LogP contribution in [0.25, 0.3) is 16.6 Å². The molecule has 2 spiro atoms. The monoisotopic (exact) mass is 487 g/mol. The zero-order valence-electron chi connectivity index (χ0n) is 21.9. The molecule has 190 valence electrons. The highest BCUT2D eigenvalue weighted by molar-refractivity contribution is 5.83. The van der Waals surface area contributed by atoms with Gasteiger partial charge in [0.05, 0.1) is 34.7 Å². The molecule has 6 nitrogen and oxygen atoms in total. The van der Waals surface area contributed by atoms with E-state index in [1.54, 1.807) is 6.33 Å². The van der Waals surface area contributed by atoms with E-state index in [9.17, 15) is 10.2 Å². The molecule has 6 heteroatoms. The number of nitrogens with one attached hydrogen (secondary N) is 1. The lowest BCUT2D eigenvalue weighted by Gasteiger charge is -2.60. The zero-order chi connectivity index (χ0) is 25.3. The van der Waals surface area contributed by atoms with Crippen LogP contribution in [-0.2, 0) is 4.74 Å². The van der Waals surface area contributed by atoms with Gasteiger partial charge in [0.15, 0.2) is 0 Å². The maximum atomic E-state index is 11.3. The van der Waals surface area contributed by atoms with E-state index >= 15 is 0 Å². The predicted octanol–water partition coefficient (Wildman–Crippen LogP) is 4.22. The molecule has 36 heavy (non-hydrogen) atoms. The lowest BCUT2D eigenvalue weighted by molar-refractivity contribution is -0.170. The molecule has 1 aromatic carbocycles. The number of ether oxygens (including phenoxy) is 1. The first-order chi connectivity index (χ1) is 17.0. The van der Waals surface area contributed by atoms with Gasteiger partial charge in [-0.15, -0.1) is 0 Å². The number of allylic oxidation sites excluding steroid dienone is 3. The van der Waals surface area contributed by atoms with Crippen molar-refractivity contribution < 1.29 is 14.9 Å². The normalized spacial score (nSPS) is 42.5. The molecular formula is C30H37N3O3. The third-order valence-corrected chi connectivity index (χ3v) is 10.8. The second kappa shape index (κ2) is 6.98. The van der Waals surface area contributed by atoms with E-state index in [1.807, 2.05) is 19.0 Å². The van der Waals surface area contributed by atoms with E-state index < -0.39 is 17.8 Å². The van der Waals surface area contributed by atoms with Crippen molar-refractivity contribution in [3.05, 3.63) is 59.5 Å². The fraction of sp³-hybridized carbons (Fsp3) is 0.567. The predicted molar refractivity (Wildman–Crippen MR) is 140 cm³/mol. The van der Waals surface area contributed by atoms with Gasteiger partial charge in [0.2, 0.25) is 0 Å². The molecule has 1 saturated carbocycles. The summed E-state index contributed by atoms with van der Waals surface area (Å²) in [4.78, 5) is 9.73. The number of H-pyrrole nitrogens is 1. The number of benzene rings is 1. The van der Waals surface area contributed by atoms with Crippen molar-refractivity contribution in [1.29, 1.82) is 0 Å². The molecule has 7 rings (SSSR count). The molecule has 2 bridgehead atoms. The van der Waals surface area contributed by atoms with Gasteiger partial charge >= 0.3 is 0 Å². The Morgan fingerprint density at radius 1 is 1.14 bits per heavy atom. The summed E-state index contributed by atoms with van der Waals surface area (Å²) in [7, 11) is 3.96. The van der Waals surface area contributed by atoms with Gasteiger partial charge in [-0.3, -0.25) is 0 Å². The van der Waals surface area contributed by atoms with Crippen molar-refractivity contribution in [2.45, 2.75) is 75.9 Å². The Morgan fingerprint density at radius 3 is 2.72 bits per heavy atom. The van der Waals surface area contributed by atoms with Crippen molar-refractivity contribution in [3.8, 4) is 0 Å². The second-order valence-electron chi connectivity index (χ2n) is 12.8. The first-order valence-electron chi connectivity index (χ1n) is 13.3. The summed E-state index contributed by atoms with van der Waals surface area (Å²) in [6.07, 6.45) is 10.6. The SMILES string of the molecule is CN(C)C1CC23CCC4(O2)C(=CC(C)(C)C2(C)C(c5ccc6nc[nH]c6c5)=CCC42)C=C3C(O)C1O. The van der Waals surface area contributed by atoms with Crippen LogP contribution in [-0.4, -0.2) is 68.6 Å².